The van der Waals surface area contributed by atoms with E-state index in [0.29, 0.717) is 6.04 Å². The molecule has 0 spiro atoms. The van der Waals surface area contributed by atoms with Crippen molar-refractivity contribution in [2.75, 3.05) is 0 Å². The van der Waals surface area contributed by atoms with E-state index in [2.05, 4.69) is 69.8 Å². The maximum Gasteiger partial charge on any atom is 0.0568 e. The summed E-state index contributed by atoms with van der Waals surface area (Å²) < 4.78 is 3.47. The van der Waals surface area contributed by atoms with E-state index in [4.69, 9.17) is 0 Å². The first-order valence-corrected chi connectivity index (χ1v) is 8.64. The maximum absolute atomic E-state index is 4.61. The highest BCUT2D eigenvalue weighted by molar-refractivity contribution is 14.1. The van der Waals surface area contributed by atoms with Crippen LogP contribution in [-0.2, 0) is 0 Å². The molecule has 2 nitrogen and oxygen atoms in total. The molecule has 106 valence electrons. The highest BCUT2D eigenvalue weighted by Gasteiger charge is 2.21. The molecule has 1 aliphatic rings. The van der Waals surface area contributed by atoms with Gasteiger partial charge in [-0.2, -0.15) is 5.10 Å². The lowest BCUT2D eigenvalue weighted by Gasteiger charge is -2.27. The van der Waals surface area contributed by atoms with Gasteiger partial charge >= 0.3 is 0 Å². The van der Waals surface area contributed by atoms with Crippen molar-refractivity contribution in [3.8, 4) is 11.1 Å². The van der Waals surface area contributed by atoms with Gasteiger partial charge in [-0.15, -0.1) is 0 Å². The Morgan fingerprint density at radius 3 is 2.70 bits per heavy atom. The number of halogens is 1. The lowest BCUT2D eigenvalue weighted by atomic mass is 9.85. The molecule has 1 heterocycles. The molecular weight excluding hydrogens is 359 g/mol. The summed E-state index contributed by atoms with van der Waals surface area (Å²) in [6.07, 6.45) is 10.9. The van der Waals surface area contributed by atoms with Gasteiger partial charge < -0.3 is 0 Å². The van der Waals surface area contributed by atoms with Gasteiger partial charge in [0.1, 0.15) is 0 Å². The largest absolute Gasteiger partial charge is 0.269 e. The Balaban J connectivity index is 1.74. The first-order chi connectivity index (χ1) is 9.76. The van der Waals surface area contributed by atoms with Crippen molar-refractivity contribution in [2.24, 2.45) is 5.92 Å². The normalized spacial score (nSPS) is 22.9. The Labute approximate surface area is 134 Å². The van der Waals surface area contributed by atoms with Gasteiger partial charge in [0.2, 0.25) is 0 Å². The fraction of sp³-hybridized carbons (Fsp3) is 0.471. The lowest BCUT2D eigenvalue weighted by molar-refractivity contribution is 0.256. The van der Waals surface area contributed by atoms with Gasteiger partial charge in [0.15, 0.2) is 0 Å². The molecule has 1 aromatic heterocycles. The van der Waals surface area contributed by atoms with Crippen LogP contribution in [0.3, 0.4) is 0 Å². The predicted molar refractivity (Wildman–Crippen MR) is 91.7 cm³/mol. The number of rotatable bonds is 3. The van der Waals surface area contributed by atoms with Gasteiger partial charge in [-0.1, -0.05) is 25.5 Å². The second-order valence-corrected chi connectivity index (χ2v) is 7.05. The van der Waals surface area contributed by atoms with Crippen LogP contribution < -0.4 is 0 Å². The molecule has 2 aromatic rings. The Kier molecular flexibility index (Phi) is 4.44. The van der Waals surface area contributed by atoms with E-state index in [1.165, 1.54) is 46.8 Å². The third-order valence-electron chi connectivity index (χ3n) is 4.53. The Morgan fingerprint density at radius 1 is 1.20 bits per heavy atom. The predicted octanol–water partition coefficient (Wildman–Crippen LogP) is 5.30. The monoisotopic (exact) mass is 380 g/mol. The molecule has 20 heavy (non-hydrogen) atoms. The first kappa shape index (κ1) is 14.1. The summed E-state index contributed by atoms with van der Waals surface area (Å²) in [5.41, 5.74) is 2.51. The van der Waals surface area contributed by atoms with Crippen LogP contribution in [0.1, 0.15) is 45.1 Å². The molecule has 0 bridgehead atoms. The molecular formula is C17H21IN2. The minimum absolute atomic E-state index is 0.606. The minimum atomic E-state index is 0.606. The molecule has 1 aromatic carbocycles. The van der Waals surface area contributed by atoms with Crippen molar-refractivity contribution < 1.29 is 0 Å². The molecule has 0 amide bonds. The number of aromatic nitrogens is 2. The molecule has 0 N–H and O–H groups in total. The third kappa shape index (κ3) is 3.08. The Morgan fingerprint density at radius 2 is 2.00 bits per heavy atom. The van der Waals surface area contributed by atoms with Crippen molar-refractivity contribution in [1.82, 2.24) is 9.78 Å². The standard InChI is InChI=1S/C17H21IN2/c1-2-13-6-8-17(9-7-13)20-12-15(11-19-20)14-4-3-5-16(18)10-14/h3-5,10-13,17H,2,6-9H2,1H3. The van der Waals surface area contributed by atoms with E-state index in [1.807, 2.05) is 6.20 Å². The lowest BCUT2D eigenvalue weighted by Crippen LogP contribution is -2.18. The van der Waals surface area contributed by atoms with Gasteiger partial charge in [0, 0.05) is 15.3 Å². The van der Waals surface area contributed by atoms with E-state index in [-0.39, 0.29) is 0 Å². The maximum atomic E-state index is 4.61. The zero-order chi connectivity index (χ0) is 13.9. The molecule has 1 aliphatic carbocycles. The van der Waals surface area contributed by atoms with Crippen LogP contribution in [0.25, 0.3) is 11.1 Å². The average Bonchev–Trinajstić information content (AvgIpc) is 2.97. The molecule has 3 heteroatoms. The Hall–Kier alpha value is -0.840. The highest BCUT2D eigenvalue weighted by atomic mass is 127. The van der Waals surface area contributed by atoms with Gasteiger partial charge in [-0.25, -0.2) is 0 Å². The first-order valence-electron chi connectivity index (χ1n) is 7.56. The van der Waals surface area contributed by atoms with Crippen LogP contribution in [-0.4, -0.2) is 9.78 Å². The quantitative estimate of drug-likeness (QED) is 0.661. The van der Waals surface area contributed by atoms with Crippen molar-refractivity contribution in [3.05, 3.63) is 40.2 Å². The number of nitrogens with zero attached hydrogens (tertiary/aromatic N) is 2. The Bertz CT molecular complexity index is 568. The summed E-state index contributed by atoms with van der Waals surface area (Å²) in [4.78, 5) is 0. The molecule has 1 fully saturated rings. The second-order valence-electron chi connectivity index (χ2n) is 5.80. The molecule has 3 rings (SSSR count). The number of hydrogen-bond acceptors (Lipinski definition) is 1. The highest BCUT2D eigenvalue weighted by Crippen LogP contribution is 2.34. The summed E-state index contributed by atoms with van der Waals surface area (Å²) in [5.74, 6) is 0.942. The second kappa shape index (κ2) is 6.29. The zero-order valence-electron chi connectivity index (χ0n) is 11.9. The topological polar surface area (TPSA) is 17.8 Å². The average molecular weight is 380 g/mol. The molecule has 0 saturated heterocycles. The fourth-order valence-electron chi connectivity index (χ4n) is 3.17. The fourth-order valence-corrected chi connectivity index (χ4v) is 3.72. The van der Waals surface area contributed by atoms with Crippen LogP contribution in [0.4, 0.5) is 0 Å². The van der Waals surface area contributed by atoms with E-state index >= 15 is 0 Å². The zero-order valence-corrected chi connectivity index (χ0v) is 14.1. The van der Waals surface area contributed by atoms with Crippen LogP contribution in [0.5, 0.6) is 0 Å². The van der Waals surface area contributed by atoms with Crippen molar-refractivity contribution in [3.63, 3.8) is 0 Å². The smallest absolute Gasteiger partial charge is 0.0568 e. The third-order valence-corrected chi connectivity index (χ3v) is 5.20. The van der Waals surface area contributed by atoms with Crippen LogP contribution in [0.2, 0.25) is 0 Å². The van der Waals surface area contributed by atoms with Crippen LogP contribution >= 0.6 is 22.6 Å². The van der Waals surface area contributed by atoms with Crippen LogP contribution in [0.15, 0.2) is 36.7 Å². The van der Waals surface area contributed by atoms with E-state index < -0.39 is 0 Å². The summed E-state index contributed by atoms with van der Waals surface area (Å²) >= 11 is 2.36. The van der Waals surface area contributed by atoms with Crippen molar-refractivity contribution in [1.29, 1.82) is 0 Å². The summed E-state index contributed by atoms with van der Waals surface area (Å²) in [7, 11) is 0. The van der Waals surface area contributed by atoms with Crippen LogP contribution in [0, 0.1) is 9.49 Å². The summed E-state index contributed by atoms with van der Waals surface area (Å²) in [5, 5.41) is 4.61. The van der Waals surface area contributed by atoms with E-state index in [0.717, 1.165) is 5.92 Å². The molecule has 1 saturated carbocycles. The van der Waals surface area contributed by atoms with Crippen molar-refractivity contribution >= 4 is 22.6 Å². The van der Waals surface area contributed by atoms with Gasteiger partial charge in [0.05, 0.1) is 12.2 Å². The summed E-state index contributed by atoms with van der Waals surface area (Å²) in [6.45, 7) is 2.31. The molecule has 0 unspecified atom stereocenters. The van der Waals surface area contributed by atoms with Crippen molar-refractivity contribution in [2.45, 2.75) is 45.1 Å². The number of hydrogen-bond donors (Lipinski definition) is 0. The summed E-state index contributed by atoms with van der Waals surface area (Å²) in [6, 6.07) is 9.23. The van der Waals surface area contributed by atoms with Gasteiger partial charge in [-0.05, 0) is 71.9 Å². The SMILES string of the molecule is CCC1CCC(n2cc(-c3cccc(I)c3)cn2)CC1. The molecule has 0 atom stereocenters. The van der Waals surface area contributed by atoms with E-state index in [1.54, 1.807) is 0 Å². The van der Waals surface area contributed by atoms with Gasteiger partial charge in [0.25, 0.3) is 0 Å². The number of benzene rings is 1. The van der Waals surface area contributed by atoms with Gasteiger partial charge in [-0.3, -0.25) is 4.68 Å². The molecule has 0 aliphatic heterocycles. The minimum Gasteiger partial charge on any atom is -0.269 e. The van der Waals surface area contributed by atoms with E-state index in [9.17, 15) is 0 Å². The molecule has 0 radical (unpaired) electrons.